The number of benzene rings is 3. The molecule has 0 N–H and O–H groups in total. The molecule has 3 aromatic carbocycles. The minimum absolute atomic E-state index is 0.732. The predicted octanol–water partition coefficient (Wildman–Crippen LogP) is 8.22. The molecule has 0 fully saturated rings. The summed E-state index contributed by atoms with van der Waals surface area (Å²) in [6.45, 7) is 4.04. The molecular formula is C34H26N4. The first kappa shape index (κ1) is 23.4. The van der Waals surface area contributed by atoms with Crippen LogP contribution in [0.3, 0.4) is 0 Å². The molecular weight excluding hydrogens is 464 g/mol. The average Bonchev–Trinajstić information content (AvgIpc) is 2.97. The molecule has 0 saturated carbocycles. The van der Waals surface area contributed by atoms with Crippen LogP contribution in [0, 0.1) is 13.8 Å². The van der Waals surface area contributed by atoms with E-state index in [4.69, 9.17) is 9.97 Å². The number of aryl methyl sites for hydroxylation is 2. The first-order valence-electron chi connectivity index (χ1n) is 12.6. The first-order valence-corrected chi connectivity index (χ1v) is 12.6. The molecule has 38 heavy (non-hydrogen) atoms. The van der Waals surface area contributed by atoms with Crippen LogP contribution in [0.15, 0.2) is 122 Å². The minimum atomic E-state index is 0.732. The number of nitrogens with zero attached hydrogens (tertiary/aromatic N) is 4. The molecule has 0 bridgehead atoms. The van der Waals surface area contributed by atoms with Crippen molar-refractivity contribution in [2.24, 2.45) is 0 Å². The largest absolute Gasteiger partial charge is 0.256 e. The van der Waals surface area contributed by atoms with Crippen molar-refractivity contribution >= 4 is 0 Å². The minimum Gasteiger partial charge on any atom is -0.256 e. The van der Waals surface area contributed by atoms with Crippen molar-refractivity contribution in [1.82, 2.24) is 19.9 Å². The highest BCUT2D eigenvalue weighted by Crippen LogP contribution is 2.39. The number of aromatic nitrogens is 4. The van der Waals surface area contributed by atoms with Gasteiger partial charge in [0.1, 0.15) is 0 Å². The molecule has 0 aliphatic rings. The summed E-state index contributed by atoms with van der Waals surface area (Å²) in [6, 6.07) is 37.5. The second kappa shape index (κ2) is 10.2. The maximum atomic E-state index is 4.88. The zero-order valence-electron chi connectivity index (χ0n) is 21.3. The standard InChI is InChI=1S/C34H26N4/c1-23-22-24(2)38-34(37-23)33-29(25-12-16-27(17-13-25)31-10-3-5-20-35-31)8-7-9-30(33)26-14-18-28(19-15-26)32-11-4-6-21-36-32/h3-22H,1-2H3. The summed E-state index contributed by atoms with van der Waals surface area (Å²) >= 11 is 0. The van der Waals surface area contributed by atoms with Gasteiger partial charge < -0.3 is 0 Å². The Kier molecular flexibility index (Phi) is 6.29. The van der Waals surface area contributed by atoms with Crippen molar-refractivity contribution in [3.8, 4) is 56.2 Å². The van der Waals surface area contributed by atoms with Crippen LogP contribution in [0.4, 0.5) is 0 Å². The summed E-state index contributed by atoms with van der Waals surface area (Å²) in [5.41, 5.74) is 11.4. The lowest BCUT2D eigenvalue weighted by Crippen LogP contribution is -1.99. The van der Waals surface area contributed by atoms with E-state index in [0.717, 1.165) is 67.5 Å². The number of hydrogen-bond acceptors (Lipinski definition) is 4. The molecule has 6 aromatic rings. The second-order valence-electron chi connectivity index (χ2n) is 9.29. The normalized spacial score (nSPS) is 10.9. The van der Waals surface area contributed by atoms with E-state index in [2.05, 4.69) is 76.7 Å². The summed E-state index contributed by atoms with van der Waals surface area (Å²) in [4.78, 5) is 18.7. The van der Waals surface area contributed by atoms with Gasteiger partial charge in [-0.2, -0.15) is 0 Å². The lowest BCUT2D eigenvalue weighted by Gasteiger charge is -2.16. The Labute approximate surface area is 222 Å². The Bertz CT molecular complexity index is 1570. The van der Waals surface area contributed by atoms with Crippen molar-refractivity contribution in [2.75, 3.05) is 0 Å². The van der Waals surface area contributed by atoms with Gasteiger partial charge in [0.05, 0.1) is 11.4 Å². The van der Waals surface area contributed by atoms with Crippen LogP contribution in [0.5, 0.6) is 0 Å². The Hall–Kier alpha value is -4.96. The lowest BCUT2D eigenvalue weighted by atomic mass is 9.90. The van der Waals surface area contributed by atoms with Crippen molar-refractivity contribution in [1.29, 1.82) is 0 Å². The molecule has 6 rings (SSSR count). The van der Waals surface area contributed by atoms with Gasteiger partial charge in [-0.1, -0.05) is 78.9 Å². The molecule has 0 amide bonds. The van der Waals surface area contributed by atoms with E-state index in [1.54, 1.807) is 0 Å². The molecule has 0 radical (unpaired) electrons. The van der Waals surface area contributed by atoms with Gasteiger partial charge >= 0.3 is 0 Å². The fourth-order valence-corrected chi connectivity index (χ4v) is 4.82. The molecule has 0 spiro atoms. The first-order chi connectivity index (χ1) is 18.7. The zero-order chi connectivity index (χ0) is 25.9. The van der Waals surface area contributed by atoms with Gasteiger partial charge in [-0.15, -0.1) is 0 Å². The third kappa shape index (κ3) is 4.72. The third-order valence-electron chi connectivity index (χ3n) is 6.58. The van der Waals surface area contributed by atoms with E-state index in [9.17, 15) is 0 Å². The number of pyridine rings is 2. The molecule has 3 heterocycles. The second-order valence-corrected chi connectivity index (χ2v) is 9.29. The zero-order valence-corrected chi connectivity index (χ0v) is 21.3. The summed E-state index contributed by atoms with van der Waals surface area (Å²) in [5, 5.41) is 0. The molecule has 0 aliphatic carbocycles. The van der Waals surface area contributed by atoms with Crippen LogP contribution >= 0.6 is 0 Å². The van der Waals surface area contributed by atoms with E-state index in [1.165, 1.54) is 0 Å². The quantitative estimate of drug-likeness (QED) is 0.244. The van der Waals surface area contributed by atoms with Crippen molar-refractivity contribution in [3.63, 3.8) is 0 Å². The smallest absolute Gasteiger partial charge is 0.160 e. The van der Waals surface area contributed by atoms with Crippen molar-refractivity contribution in [2.45, 2.75) is 13.8 Å². The monoisotopic (exact) mass is 490 g/mol. The lowest BCUT2D eigenvalue weighted by molar-refractivity contribution is 1.06. The van der Waals surface area contributed by atoms with E-state index < -0.39 is 0 Å². The van der Waals surface area contributed by atoms with Gasteiger partial charge in [-0.05, 0) is 66.4 Å². The predicted molar refractivity (Wildman–Crippen MR) is 154 cm³/mol. The van der Waals surface area contributed by atoms with E-state index in [-0.39, 0.29) is 0 Å². The van der Waals surface area contributed by atoms with Crippen molar-refractivity contribution < 1.29 is 0 Å². The molecule has 0 unspecified atom stereocenters. The van der Waals surface area contributed by atoms with Gasteiger partial charge in [0.25, 0.3) is 0 Å². The van der Waals surface area contributed by atoms with Gasteiger partial charge in [0.2, 0.25) is 0 Å². The highest BCUT2D eigenvalue weighted by Gasteiger charge is 2.17. The van der Waals surface area contributed by atoms with Crippen LogP contribution in [0.1, 0.15) is 11.4 Å². The molecule has 0 atom stereocenters. The van der Waals surface area contributed by atoms with Crippen LogP contribution in [-0.2, 0) is 0 Å². The van der Waals surface area contributed by atoms with Crippen LogP contribution in [0.2, 0.25) is 0 Å². The fourth-order valence-electron chi connectivity index (χ4n) is 4.82. The molecule has 4 nitrogen and oxygen atoms in total. The van der Waals surface area contributed by atoms with Crippen molar-refractivity contribution in [3.05, 3.63) is 133 Å². The van der Waals surface area contributed by atoms with E-state index in [1.807, 2.05) is 68.7 Å². The highest BCUT2D eigenvalue weighted by atomic mass is 14.9. The van der Waals surface area contributed by atoms with Crippen LogP contribution < -0.4 is 0 Å². The SMILES string of the molecule is Cc1cc(C)nc(-c2c(-c3ccc(-c4ccccn4)cc3)cccc2-c2ccc(-c3ccccn3)cc2)n1. The van der Waals surface area contributed by atoms with E-state index in [0.29, 0.717) is 0 Å². The summed E-state index contributed by atoms with van der Waals surface area (Å²) in [7, 11) is 0. The number of hydrogen-bond donors (Lipinski definition) is 0. The van der Waals surface area contributed by atoms with Crippen LogP contribution in [-0.4, -0.2) is 19.9 Å². The fraction of sp³-hybridized carbons (Fsp3) is 0.0588. The molecule has 4 heteroatoms. The Morgan fingerprint density at radius 2 is 0.895 bits per heavy atom. The molecule has 0 aliphatic heterocycles. The van der Waals surface area contributed by atoms with E-state index >= 15 is 0 Å². The van der Waals surface area contributed by atoms with Gasteiger partial charge in [0.15, 0.2) is 5.82 Å². The Morgan fingerprint density at radius 1 is 0.447 bits per heavy atom. The summed E-state index contributed by atoms with van der Waals surface area (Å²) in [6.07, 6.45) is 3.64. The van der Waals surface area contributed by atoms with Gasteiger partial charge in [0, 0.05) is 40.5 Å². The maximum Gasteiger partial charge on any atom is 0.160 e. The highest BCUT2D eigenvalue weighted by molar-refractivity contribution is 5.93. The van der Waals surface area contributed by atoms with Gasteiger partial charge in [-0.25, -0.2) is 9.97 Å². The van der Waals surface area contributed by atoms with Crippen LogP contribution in [0.25, 0.3) is 56.2 Å². The third-order valence-corrected chi connectivity index (χ3v) is 6.58. The maximum absolute atomic E-state index is 4.88. The average molecular weight is 491 g/mol. The topological polar surface area (TPSA) is 51.6 Å². The summed E-state index contributed by atoms with van der Waals surface area (Å²) in [5.74, 6) is 0.732. The Morgan fingerprint density at radius 3 is 1.32 bits per heavy atom. The number of rotatable bonds is 5. The van der Waals surface area contributed by atoms with Gasteiger partial charge in [-0.3, -0.25) is 9.97 Å². The molecule has 0 saturated heterocycles. The Balaban J connectivity index is 1.49. The molecule has 182 valence electrons. The summed E-state index contributed by atoms with van der Waals surface area (Å²) < 4.78 is 0. The molecule has 3 aromatic heterocycles.